The Kier molecular flexibility index (Phi) is 4.71. The Morgan fingerprint density at radius 3 is 2.39 bits per heavy atom. The third kappa shape index (κ3) is 3.24. The summed E-state index contributed by atoms with van der Waals surface area (Å²) in [7, 11) is 0. The Hall–Kier alpha value is -3.99. The molecule has 0 saturated heterocycles. The van der Waals surface area contributed by atoms with Gasteiger partial charge < -0.3 is 4.90 Å². The van der Waals surface area contributed by atoms with Crippen molar-refractivity contribution in [2.24, 2.45) is 0 Å². The highest BCUT2D eigenvalue weighted by atomic mass is 16.2. The molecule has 0 saturated carbocycles. The summed E-state index contributed by atoms with van der Waals surface area (Å²) < 4.78 is 1.65. The van der Waals surface area contributed by atoms with Gasteiger partial charge in [0.05, 0.1) is 28.7 Å². The first-order valence-corrected chi connectivity index (χ1v) is 10.3. The van der Waals surface area contributed by atoms with Crippen LogP contribution in [0.3, 0.4) is 0 Å². The van der Waals surface area contributed by atoms with E-state index in [1.807, 2.05) is 79.7 Å². The van der Waals surface area contributed by atoms with Crippen LogP contribution in [0.5, 0.6) is 0 Å². The van der Waals surface area contributed by atoms with Crippen LogP contribution < -0.4 is 10.5 Å². The molecule has 4 aromatic rings. The third-order valence-corrected chi connectivity index (χ3v) is 5.62. The van der Waals surface area contributed by atoms with E-state index in [4.69, 9.17) is 4.98 Å². The monoisotopic (exact) mass is 407 g/mol. The predicted octanol–water partition coefficient (Wildman–Crippen LogP) is 4.35. The van der Waals surface area contributed by atoms with Crippen molar-refractivity contribution in [3.63, 3.8) is 0 Å². The molecule has 31 heavy (non-hydrogen) atoms. The first kappa shape index (κ1) is 19.0. The Bertz CT molecular complexity index is 1390. The average molecular weight is 407 g/mol. The van der Waals surface area contributed by atoms with Crippen molar-refractivity contribution >= 4 is 34.1 Å². The summed E-state index contributed by atoms with van der Waals surface area (Å²) in [5.41, 5.74) is 3.81. The second kappa shape index (κ2) is 7.69. The summed E-state index contributed by atoms with van der Waals surface area (Å²) in [6.07, 6.45) is 1.76. The van der Waals surface area contributed by atoms with E-state index >= 15 is 0 Å². The topological polar surface area (TPSA) is 55.2 Å². The Morgan fingerprint density at radius 2 is 1.58 bits per heavy atom. The largest absolute Gasteiger partial charge is 0.308 e. The molecule has 0 radical (unpaired) electrons. The number of likely N-dealkylation sites (N-methyl/N-ethyl adjacent to an activating group) is 1. The number of carbonyl (C=O) groups is 1. The van der Waals surface area contributed by atoms with Gasteiger partial charge >= 0.3 is 0 Å². The summed E-state index contributed by atoms with van der Waals surface area (Å²) in [6.45, 7) is 2.91. The number of hydrogen-bond acceptors (Lipinski definition) is 3. The smallest absolute Gasteiger partial charge is 0.261 e. The molecule has 0 spiro atoms. The molecule has 0 aliphatic carbocycles. The quantitative estimate of drug-likeness (QED) is 0.473. The zero-order valence-corrected chi connectivity index (χ0v) is 17.2. The van der Waals surface area contributed by atoms with Crippen LogP contribution in [-0.2, 0) is 11.3 Å². The van der Waals surface area contributed by atoms with Crippen molar-refractivity contribution in [2.45, 2.75) is 13.5 Å². The predicted molar refractivity (Wildman–Crippen MR) is 124 cm³/mol. The van der Waals surface area contributed by atoms with Crippen LogP contribution in [0, 0.1) is 0 Å². The van der Waals surface area contributed by atoms with Gasteiger partial charge in [-0.3, -0.25) is 14.2 Å². The molecule has 0 unspecified atom stereocenters. The number of aromatic nitrogens is 2. The number of nitrogens with zero attached hydrogens (tertiary/aromatic N) is 3. The van der Waals surface area contributed by atoms with Crippen molar-refractivity contribution in [1.29, 1.82) is 0 Å². The van der Waals surface area contributed by atoms with Gasteiger partial charge in [-0.1, -0.05) is 60.7 Å². The number of anilines is 1. The molecule has 2 heterocycles. The molecule has 0 N–H and O–H groups in total. The first-order chi connectivity index (χ1) is 15.2. The normalized spacial score (nSPS) is 14.4. The van der Waals surface area contributed by atoms with Crippen molar-refractivity contribution in [2.75, 3.05) is 11.4 Å². The lowest BCUT2D eigenvalue weighted by Crippen LogP contribution is -2.26. The van der Waals surface area contributed by atoms with E-state index in [1.165, 1.54) is 0 Å². The number of amides is 1. The van der Waals surface area contributed by atoms with Crippen molar-refractivity contribution in [3.05, 3.63) is 106 Å². The molecule has 0 atom stereocenters. The minimum atomic E-state index is -0.118. The minimum Gasteiger partial charge on any atom is -0.308 e. The van der Waals surface area contributed by atoms with Crippen molar-refractivity contribution in [3.8, 4) is 0 Å². The van der Waals surface area contributed by atoms with Gasteiger partial charge in [0, 0.05) is 12.1 Å². The molecule has 1 amide bonds. The maximum Gasteiger partial charge on any atom is 0.261 e. The highest BCUT2D eigenvalue weighted by molar-refractivity contribution is 6.35. The maximum atomic E-state index is 13.4. The highest BCUT2D eigenvalue weighted by Gasteiger charge is 2.31. The fraction of sp³-hybridized carbons (Fsp3) is 0.115. The molecule has 3 aromatic carbocycles. The standard InChI is InChI=1S/C26H21N3O2/c1-2-28-23-15-9-7-12-19(23)21(26(28)31)16-24-27-22-14-8-6-13-20(22)25(30)29(24)17-18-10-4-3-5-11-18/h3-16H,2,17H2,1H3. The average Bonchev–Trinajstić information content (AvgIpc) is 3.08. The van der Waals surface area contributed by atoms with E-state index in [9.17, 15) is 9.59 Å². The van der Waals surface area contributed by atoms with Gasteiger partial charge in [-0.25, -0.2) is 4.98 Å². The minimum absolute atomic E-state index is 0.0719. The molecular weight excluding hydrogens is 386 g/mol. The fourth-order valence-electron chi connectivity index (χ4n) is 4.10. The summed E-state index contributed by atoms with van der Waals surface area (Å²) in [5.74, 6) is 0.404. The van der Waals surface area contributed by atoms with Crippen LogP contribution in [0.4, 0.5) is 5.69 Å². The first-order valence-electron chi connectivity index (χ1n) is 10.3. The van der Waals surface area contributed by atoms with E-state index < -0.39 is 0 Å². The van der Waals surface area contributed by atoms with E-state index in [-0.39, 0.29) is 11.5 Å². The molecule has 5 rings (SSSR count). The molecule has 0 bridgehead atoms. The van der Waals surface area contributed by atoms with E-state index in [0.717, 1.165) is 16.8 Å². The lowest BCUT2D eigenvalue weighted by atomic mass is 10.1. The molecular formula is C26H21N3O2. The van der Waals surface area contributed by atoms with Crippen LogP contribution in [0.25, 0.3) is 22.6 Å². The van der Waals surface area contributed by atoms with E-state index in [0.29, 0.717) is 35.4 Å². The summed E-state index contributed by atoms with van der Waals surface area (Å²) in [5, 5.41) is 0.564. The number of carbonyl (C=O) groups excluding carboxylic acids is 1. The van der Waals surface area contributed by atoms with Crippen LogP contribution >= 0.6 is 0 Å². The molecule has 1 aromatic heterocycles. The van der Waals surface area contributed by atoms with Gasteiger partial charge in [-0.2, -0.15) is 0 Å². The van der Waals surface area contributed by atoms with Gasteiger partial charge in [-0.15, -0.1) is 0 Å². The molecule has 0 fully saturated rings. The zero-order chi connectivity index (χ0) is 21.4. The highest BCUT2D eigenvalue weighted by Crippen LogP contribution is 2.37. The summed E-state index contributed by atoms with van der Waals surface area (Å²) >= 11 is 0. The van der Waals surface area contributed by atoms with Crippen molar-refractivity contribution < 1.29 is 4.79 Å². The number of rotatable bonds is 4. The van der Waals surface area contributed by atoms with Gasteiger partial charge in [0.1, 0.15) is 5.82 Å². The van der Waals surface area contributed by atoms with Crippen LogP contribution in [0.15, 0.2) is 83.7 Å². The van der Waals surface area contributed by atoms with Crippen molar-refractivity contribution in [1.82, 2.24) is 9.55 Å². The Labute approximate surface area is 179 Å². The van der Waals surface area contributed by atoms with Crippen LogP contribution in [-0.4, -0.2) is 22.0 Å². The number of fused-ring (bicyclic) bond motifs is 2. The molecule has 5 heteroatoms. The van der Waals surface area contributed by atoms with Crippen LogP contribution in [0.1, 0.15) is 23.9 Å². The maximum absolute atomic E-state index is 13.4. The lowest BCUT2D eigenvalue weighted by molar-refractivity contribution is -0.112. The molecule has 1 aliphatic rings. The zero-order valence-electron chi connectivity index (χ0n) is 17.2. The summed E-state index contributed by atoms with van der Waals surface area (Å²) in [6, 6.07) is 24.9. The molecule has 1 aliphatic heterocycles. The number of hydrogen-bond donors (Lipinski definition) is 0. The molecule has 152 valence electrons. The Morgan fingerprint density at radius 1 is 0.871 bits per heavy atom. The molecule has 5 nitrogen and oxygen atoms in total. The second-order valence-electron chi connectivity index (χ2n) is 7.49. The third-order valence-electron chi connectivity index (χ3n) is 5.62. The SMILES string of the molecule is CCN1C(=O)C(=Cc2nc3ccccc3c(=O)n2Cc2ccccc2)c2ccccc21. The van der Waals surface area contributed by atoms with E-state index in [2.05, 4.69) is 0 Å². The van der Waals surface area contributed by atoms with Gasteiger partial charge in [0.25, 0.3) is 11.5 Å². The van der Waals surface area contributed by atoms with Gasteiger partial charge in [0.15, 0.2) is 0 Å². The lowest BCUT2D eigenvalue weighted by Gasteiger charge is -2.14. The number of benzene rings is 3. The second-order valence-corrected chi connectivity index (χ2v) is 7.49. The fourth-order valence-corrected chi connectivity index (χ4v) is 4.10. The van der Waals surface area contributed by atoms with Gasteiger partial charge in [0.2, 0.25) is 0 Å². The van der Waals surface area contributed by atoms with Gasteiger partial charge in [-0.05, 0) is 36.8 Å². The van der Waals surface area contributed by atoms with E-state index in [1.54, 1.807) is 21.6 Å². The summed E-state index contributed by atoms with van der Waals surface area (Å²) in [4.78, 5) is 33.1. The van der Waals surface area contributed by atoms with Crippen LogP contribution in [0.2, 0.25) is 0 Å². The Balaban J connectivity index is 1.74. The number of para-hydroxylation sites is 2.